The number of ether oxygens (including phenoxy) is 1. The Hall–Kier alpha value is -1.92. The van der Waals surface area contributed by atoms with E-state index in [-0.39, 0.29) is 39.9 Å². The summed E-state index contributed by atoms with van der Waals surface area (Å²) in [5.74, 6) is -0.635. The molecule has 0 bridgehead atoms. The van der Waals surface area contributed by atoms with E-state index in [0.29, 0.717) is 12.4 Å². The van der Waals surface area contributed by atoms with Gasteiger partial charge in [-0.2, -0.15) is 0 Å². The minimum atomic E-state index is -0.558. The molecule has 2 atom stereocenters. The summed E-state index contributed by atoms with van der Waals surface area (Å²) in [6.07, 6.45) is 1.86. The molecule has 0 unspecified atom stereocenters. The lowest BCUT2D eigenvalue weighted by Crippen LogP contribution is -2.41. The first kappa shape index (κ1) is 16.9. The van der Waals surface area contributed by atoms with Crippen LogP contribution in [0.25, 0.3) is 11.3 Å². The van der Waals surface area contributed by atoms with Gasteiger partial charge in [0.25, 0.3) is 5.91 Å². The standard InChI is InChI=1S/C17H18ClFN2O3/c1-9(13-7-4-8-23-13)20-17(22)14-10(2)24-21-16(14)15-11(18)5-3-6-12(15)19/h3,5-6,9,13H,4,7-8H2,1-2H3,(H,20,22)/t9-,13-/m1/s1. The van der Waals surface area contributed by atoms with Gasteiger partial charge in [0.2, 0.25) is 0 Å². The van der Waals surface area contributed by atoms with Crippen LogP contribution < -0.4 is 5.32 Å². The molecule has 3 rings (SSSR count). The number of halogens is 2. The molecule has 1 amide bonds. The van der Waals surface area contributed by atoms with Crippen LogP contribution in [0.1, 0.15) is 35.9 Å². The van der Waals surface area contributed by atoms with Crippen LogP contribution in [0.4, 0.5) is 4.39 Å². The molecular formula is C17H18ClFN2O3. The average Bonchev–Trinajstić information content (AvgIpc) is 3.17. The summed E-state index contributed by atoms with van der Waals surface area (Å²) in [6.45, 7) is 4.19. The molecule has 0 saturated carbocycles. The Morgan fingerprint density at radius 1 is 1.50 bits per heavy atom. The molecule has 1 N–H and O–H groups in total. The van der Waals surface area contributed by atoms with Gasteiger partial charge in [-0.05, 0) is 38.8 Å². The largest absolute Gasteiger partial charge is 0.376 e. The van der Waals surface area contributed by atoms with Gasteiger partial charge in [-0.15, -0.1) is 0 Å². The van der Waals surface area contributed by atoms with E-state index in [0.717, 1.165) is 12.8 Å². The van der Waals surface area contributed by atoms with Crippen molar-refractivity contribution in [3.8, 4) is 11.3 Å². The van der Waals surface area contributed by atoms with Crippen molar-refractivity contribution in [2.75, 3.05) is 6.61 Å². The second kappa shape index (κ2) is 6.91. The van der Waals surface area contributed by atoms with E-state index in [1.54, 1.807) is 13.0 Å². The van der Waals surface area contributed by atoms with Gasteiger partial charge in [0.05, 0.1) is 22.7 Å². The predicted octanol–water partition coefficient (Wildman–Crippen LogP) is 3.74. The molecular weight excluding hydrogens is 335 g/mol. The van der Waals surface area contributed by atoms with Crippen LogP contribution in [0, 0.1) is 12.7 Å². The van der Waals surface area contributed by atoms with Crippen molar-refractivity contribution in [1.82, 2.24) is 10.5 Å². The number of hydrogen-bond donors (Lipinski definition) is 1. The summed E-state index contributed by atoms with van der Waals surface area (Å²) < 4.78 is 24.9. The summed E-state index contributed by atoms with van der Waals surface area (Å²) in [5, 5.41) is 6.90. The molecule has 0 aliphatic carbocycles. The highest BCUT2D eigenvalue weighted by molar-refractivity contribution is 6.33. The molecule has 0 spiro atoms. The molecule has 1 saturated heterocycles. The zero-order valence-corrected chi connectivity index (χ0v) is 14.2. The summed E-state index contributed by atoms with van der Waals surface area (Å²) in [7, 11) is 0. The number of rotatable bonds is 4. The maximum absolute atomic E-state index is 14.2. The van der Waals surface area contributed by atoms with Crippen molar-refractivity contribution in [2.24, 2.45) is 0 Å². The van der Waals surface area contributed by atoms with Gasteiger partial charge in [-0.1, -0.05) is 22.8 Å². The Bertz CT molecular complexity index is 736. The number of nitrogens with zero attached hydrogens (tertiary/aromatic N) is 1. The molecule has 5 nitrogen and oxygen atoms in total. The van der Waals surface area contributed by atoms with E-state index in [1.165, 1.54) is 12.1 Å². The first-order valence-electron chi connectivity index (χ1n) is 7.82. The zero-order valence-electron chi connectivity index (χ0n) is 13.4. The van der Waals surface area contributed by atoms with Gasteiger partial charge in [0, 0.05) is 6.61 Å². The second-order valence-electron chi connectivity index (χ2n) is 5.87. The monoisotopic (exact) mass is 352 g/mol. The lowest BCUT2D eigenvalue weighted by atomic mass is 10.0. The van der Waals surface area contributed by atoms with Crippen LogP contribution in [0.15, 0.2) is 22.7 Å². The quantitative estimate of drug-likeness (QED) is 0.910. The number of carbonyl (C=O) groups excluding carboxylic acids is 1. The first-order valence-corrected chi connectivity index (χ1v) is 8.20. The number of nitrogens with one attached hydrogen (secondary N) is 1. The SMILES string of the molecule is Cc1onc(-c2c(F)cccc2Cl)c1C(=O)N[C@H](C)[C@H]1CCCO1. The molecule has 24 heavy (non-hydrogen) atoms. The third kappa shape index (κ3) is 3.16. The third-order valence-corrected chi connectivity index (χ3v) is 4.49. The molecule has 2 aromatic rings. The van der Waals surface area contributed by atoms with Gasteiger partial charge in [0.15, 0.2) is 0 Å². The normalized spacial score (nSPS) is 18.6. The first-order chi connectivity index (χ1) is 11.5. The summed E-state index contributed by atoms with van der Waals surface area (Å²) in [6, 6.07) is 4.13. The van der Waals surface area contributed by atoms with Crippen molar-refractivity contribution < 1.29 is 18.4 Å². The van der Waals surface area contributed by atoms with E-state index < -0.39 is 5.82 Å². The van der Waals surface area contributed by atoms with Gasteiger partial charge in [-0.25, -0.2) is 4.39 Å². The molecule has 128 valence electrons. The van der Waals surface area contributed by atoms with Crippen molar-refractivity contribution in [2.45, 2.75) is 38.8 Å². The molecule has 1 fully saturated rings. The number of aryl methyl sites for hydroxylation is 1. The molecule has 1 aromatic carbocycles. The van der Waals surface area contributed by atoms with Crippen LogP contribution in [0.3, 0.4) is 0 Å². The summed E-state index contributed by atoms with van der Waals surface area (Å²) in [5.41, 5.74) is 0.352. The van der Waals surface area contributed by atoms with Gasteiger partial charge in [-0.3, -0.25) is 4.79 Å². The van der Waals surface area contributed by atoms with Gasteiger partial charge < -0.3 is 14.6 Å². The predicted molar refractivity (Wildman–Crippen MR) is 87.5 cm³/mol. The fourth-order valence-corrected chi connectivity index (χ4v) is 3.16. The number of carbonyl (C=O) groups is 1. The fraction of sp³-hybridized carbons (Fsp3) is 0.412. The van der Waals surface area contributed by atoms with Gasteiger partial charge >= 0.3 is 0 Å². The van der Waals surface area contributed by atoms with E-state index >= 15 is 0 Å². The Balaban J connectivity index is 1.91. The van der Waals surface area contributed by atoms with Gasteiger partial charge in [0.1, 0.15) is 22.8 Å². The van der Waals surface area contributed by atoms with Crippen molar-refractivity contribution in [1.29, 1.82) is 0 Å². The third-order valence-electron chi connectivity index (χ3n) is 4.17. The number of amides is 1. The lowest BCUT2D eigenvalue weighted by molar-refractivity contribution is 0.0712. The van der Waals surface area contributed by atoms with Crippen LogP contribution in [0.2, 0.25) is 5.02 Å². The molecule has 2 heterocycles. The number of benzene rings is 1. The highest BCUT2D eigenvalue weighted by Gasteiger charge is 2.29. The minimum Gasteiger partial charge on any atom is -0.376 e. The summed E-state index contributed by atoms with van der Waals surface area (Å²) >= 11 is 6.09. The molecule has 1 aliphatic rings. The maximum Gasteiger partial charge on any atom is 0.257 e. The van der Waals surface area contributed by atoms with Crippen LogP contribution >= 0.6 is 11.6 Å². The maximum atomic E-state index is 14.2. The summed E-state index contributed by atoms with van der Waals surface area (Å²) in [4.78, 5) is 12.7. The van der Waals surface area contributed by atoms with E-state index in [9.17, 15) is 9.18 Å². The smallest absolute Gasteiger partial charge is 0.257 e. The molecule has 1 aromatic heterocycles. The molecule has 0 radical (unpaired) electrons. The van der Waals surface area contributed by atoms with Crippen molar-refractivity contribution >= 4 is 17.5 Å². The second-order valence-corrected chi connectivity index (χ2v) is 6.28. The molecule has 7 heteroatoms. The van der Waals surface area contributed by atoms with Crippen molar-refractivity contribution in [3.05, 3.63) is 40.4 Å². The van der Waals surface area contributed by atoms with E-state index in [4.69, 9.17) is 20.9 Å². The average molecular weight is 353 g/mol. The highest BCUT2D eigenvalue weighted by Crippen LogP contribution is 2.33. The molecule has 1 aliphatic heterocycles. The van der Waals surface area contributed by atoms with Crippen LogP contribution in [-0.4, -0.2) is 29.8 Å². The van der Waals surface area contributed by atoms with E-state index in [1.807, 2.05) is 6.92 Å². The Kier molecular flexibility index (Phi) is 4.87. The van der Waals surface area contributed by atoms with E-state index in [2.05, 4.69) is 10.5 Å². The van der Waals surface area contributed by atoms with Crippen LogP contribution in [-0.2, 0) is 4.74 Å². The highest BCUT2D eigenvalue weighted by atomic mass is 35.5. The lowest BCUT2D eigenvalue weighted by Gasteiger charge is -2.20. The fourth-order valence-electron chi connectivity index (χ4n) is 2.90. The number of aromatic nitrogens is 1. The number of hydrogen-bond acceptors (Lipinski definition) is 4. The minimum absolute atomic E-state index is 0.0189. The Morgan fingerprint density at radius 3 is 2.96 bits per heavy atom. The zero-order chi connectivity index (χ0) is 17.3. The Labute approximate surface area is 144 Å². The van der Waals surface area contributed by atoms with Crippen molar-refractivity contribution in [3.63, 3.8) is 0 Å². The van der Waals surface area contributed by atoms with Crippen LogP contribution in [0.5, 0.6) is 0 Å². The Morgan fingerprint density at radius 2 is 2.29 bits per heavy atom. The topological polar surface area (TPSA) is 64.4 Å².